The summed E-state index contributed by atoms with van der Waals surface area (Å²) in [7, 11) is 2.13. The van der Waals surface area contributed by atoms with E-state index in [1.165, 1.54) is 0 Å². The SMILES string of the molecule is CCOCC1CCN(C)C2(C1)CN(C(=O)C1(F)CC1)C2.O=C(O)C(F)(F)F. The molecule has 1 N–H and O–H groups in total. The topological polar surface area (TPSA) is 70.1 Å². The van der Waals surface area contributed by atoms with Crippen molar-refractivity contribution in [1.82, 2.24) is 9.80 Å². The number of piperidine rings is 1. The number of carbonyl (C=O) groups excluding carboxylic acids is 1. The van der Waals surface area contributed by atoms with E-state index in [-0.39, 0.29) is 11.4 Å². The fourth-order valence-electron chi connectivity index (χ4n) is 3.62. The molecule has 1 amide bonds. The molecule has 3 rings (SSSR count). The Morgan fingerprint density at radius 3 is 2.26 bits per heavy atom. The van der Waals surface area contributed by atoms with Gasteiger partial charge in [-0.1, -0.05) is 0 Å². The summed E-state index contributed by atoms with van der Waals surface area (Å²) in [5.74, 6) is -2.46. The van der Waals surface area contributed by atoms with Crippen molar-refractivity contribution in [3.05, 3.63) is 0 Å². The van der Waals surface area contributed by atoms with Crippen LogP contribution in [-0.4, -0.2) is 84.1 Å². The number of aliphatic carboxylic acids is 1. The van der Waals surface area contributed by atoms with Gasteiger partial charge in [0.25, 0.3) is 5.91 Å². The number of hydrogen-bond acceptors (Lipinski definition) is 4. The molecule has 1 unspecified atom stereocenters. The highest BCUT2D eigenvalue weighted by molar-refractivity contribution is 5.89. The van der Waals surface area contributed by atoms with Gasteiger partial charge in [0.15, 0.2) is 5.67 Å². The van der Waals surface area contributed by atoms with Crippen molar-refractivity contribution in [2.75, 3.05) is 39.9 Å². The van der Waals surface area contributed by atoms with E-state index in [0.717, 1.165) is 32.6 Å². The van der Waals surface area contributed by atoms with Crippen LogP contribution in [0.25, 0.3) is 0 Å². The van der Waals surface area contributed by atoms with Crippen molar-refractivity contribution in [3.8, 4) is 0 Å². The minimum atomic E-state index is -5.08. The van der Waals surface area contributed by atoms with E-state index in [4.69, 9.17) is 14.6 Å². The van der Waals surface area contributed by atoms with Gasteiger partial charge in [0.1, 0.15) is 0 Å². The first kappa shape index (κ1) is 21.9. The van der Waals surface area contributed by atoms with E-state index in [0.29, 0.717) is 31.8 Å². The van der Waals surface area contributed by atoms with E-state index in [1.54, 1.807) is 4.90 Å². The number of halogens is 4. The summed E-state index contributed by atoms with van der Waals surface area (Å²) in [4.78, 5) is 25.0. The molecule has 1 atom stereocenters. The van der Waals surface area contributed by atoms with Crippen molar-refractivity contribution in [2.45, 2.75) is 50.0 Å². The van der Waals surface area contributed by atoms with Gasteiger partial charge in [0, 0.05) is 26.3 Å². The molecule has 1 spiro atoms. The van der Waals surface area contributed by atoms with Crippen LogP contribution in [0, 0.1) is 5.92 Å². The highest BCUT2D eigenvalue weighted by Gasteiger charge is 2.59. The Balaban J connectivity index is 0.000000321. The number of alkyl halides is 4. The van der Waals surface area contributed by atoms with Crippen LogP contribution in [0.3, 0.4) is 0 Å². The Morgan fingerprint density at radius 2 is 1.81 bits per heavy atom. The maximum absolute atomic E-state index is 13.8. The summed E-state index contributed by atoms with van der Waals surface area (Å²) < 4.78 is 51.1. The second-order valence-electron chi connectivity index (χ2n) is 7.59. The van der Waals surface area contributed by atoms with Gasteiger partial charge in [-0.25, -0.2) is 9.18 Å². The van der Waals surface area contributed by atoms with Crippen LogP contribution in [0.2, 0.25) is 0 Å². The molecule has 1 aliphatic carbocycles. The van der Waals surface area contributed by atoms with Gasteiger partial charge in [0.2, 0.25) is 0 Å². The number of rotatable bonds is 4. The normalized spacial score (nSPS) is 26.0. The molecule has 0 aromatic carbocycles. The van der Waals surface area contributed by atoms with Crippen LogP contribution in [0.15, 0.2) is 0 Å². The Kier molecular flexibility index (Phi) is 6.40. The first-order valence-electron chi connectivity index (χ1n) is 9.01. The van der Waals surface area contributed by atoms with Gasteiger partial charge in [-0.15, -0.1) is 0 Å². The monoisotopic (exact) mass is 398 g/mol. The number of likely N-dealkylation sites (tertiary alicyclic amines) is 2. The third-order valence-corrected chi connectivity index (χ3v) is 5.48. The predicted molar refractivity (Wildman–Crippen MR) is 87.9 cm³/mol. The highest BCUT2D eigenvalue weighted by Crippen LogP contribution is 2.45. The summed E-state index contributed by atoms with van der Waals surface area (Å²) in [5.41, 5.74) is -1.44. The minimum Gasteiger partial charge on any atom is -0.475 e. The highest BCUT2D eigenvalue weighted by atomic mass is 19.4. The molecule has 2 heterocycles. The maximum atomic E-state index is 13.8. The maximum Gasteiger partial charge on any atom is 0.490 e. The molecule has 0 aromatic rings. The zero-order valence-electron chi connectivity index (χ0n) is 15.5. The molecule has 10 heteroatoms. The third-order valence-electron chi connectivity index (χ3n) is 5.48. The molecule has 0 radical (unpaired) electrons. The summed E-state index contributed by atoms with van der Waals surface area (Å²) in [5, 5.41) is 7.12. The van der Waals surface area contributed by atoms with Crippen molar-refractivity contribution < 1.29 is 37.0 Å². The van der Waals surface area contributed by atoms with Crippen LogP contribution in [0.1, 0.15) is 32.6 Å². The second-order valence-corrected chi connectivity index (χ2v) is 7.59. The molecule has 0 aromatic heterocycles. The van der Waals surface area contributed by atoms with Gasteiger partial charge >= 0.3 is 12.1 Å². The Labute approximate surface area is 155 Å². The quantitative estimate of drug-likeness (QED) is 0.735. The van der Waals surface area contributed by atoms with Crippen LogP contribution in [-0.2, 0) is 14.3 Å². The zero-order chi connectivity index (χ0) is 20.5. The molecule has 2 saturated heterocycles. The molecular formula is C17H26F4N2O4. The zero-order valence-corrected chi connectivity index (χ0v) is 15.5. The van der Waals surface area contributed by atoms with Crippen LogP contribution < -0.4 is 0 Å². The summed E-state index contributed by atoms with van der Waals surface area (Å²) in [6.45, 7) is 6.01. The summed E-state index contributed by atoms with van der Waals surface area (Å²) in [6, 6.07) is 0. The smallest absolute Gasteiger partial charge is 0.475 e. The Hall–Kier alpha value is -1.42. The number of carbonyl (C=O) groups is 2. The molecular weight excluding hydrogens is 372 g/mol. The average molecular weight is 398 g/mol. The lowest BCUT2D eigenvalue weighted by molar-refractivity contribution is -0.192. The predicted octanol–water partition coefficient (Wildman–Crippen LogP) is 2.08. The lowest BCUT2D eigenvalue weighted by Gasteiger charge is -2.58. The molecule has 156 valence electrons. The van der Waals surface area contributed by atoms with Crippen molar-refractivity contribution >= 4 is 11.9 Å². The van der Waals surface area contributed by atoms with Crippen molar-refractivity contribution in [1.29, 1.82) is 0 Å². The van der Waals surface area contributed by atoms with Gasteiger partial charge < -0.3 is 14.7 Å². The van der Waals surface area contributed by atoms with Crippen molar-refractivity contribution in [3.63, 3.8) is 0 Å². The average Bonchev–Trinajstić information content (AvgIpc) is 3.30. The van der Waals surface area contributed by atoms with Gasteiger partial charge in [0.05, 0.1) is 5.54 Å². The Bertz CT molecular complexity index is 558. The fraction of sp³-hybridized carbons (Fsp3) is 0.882. The van der Waals surface area contributed by atoms with Gasteiger partial charge in [-0.2, -0.15) is 13.2 Å². The fourth-order valence-corrected chi connectivity index (χ4v) is 3.62. The summed E-state index contributed by atoms with van der Waals surface area (Å²) >= 11 is 0. The van der Waals surface area contributed by atoms with Crippen LogP contribution >= 0.6 is 0 Å². The molecule has 1 saturated carbocycles. The molecule has 27 heavy (non-hydrogen) atoms. The van der Waals surface area contributed by atoms with E-state index >= 15 is 0 Å². The number of ether oxygens (including phenoxy) is 1. The first-order valence-corrected chi connectivity index (χ1v) is 9.01. The van der Waals surface area contributed by atoms with Crippen LogP contribution in [0.5, 0.6) is 0 Å². The number of nitrogens with zero attached hydrogens (tertiary/aromatic N) is 2. The van der Waals surface area contributed by atoms with E-state index in [1.807, 2.05) is 6.92 Å². The number of likely N-dealkylation sites (N-methyl/N-ethyl adjacent to an activating group) is 1. The van der Waals surface area contributed by atoms with Gasteiger partial charge in [-0.3, -0.25) is 9.69 Å². The van der Waals surface area contributed by atoms with Crippen LogP contribution in [0.4, 0.5) is 17.6 Å². The number of hydrogen-bond donors (Lipinski definition) is 1. The standard InChI is InChI=1S/C15H25FN2O2.C2HF3O2/c1-3-20-9-12-4-7-17(2)14(8-12)10-18(11-14)13(19)15(16)5-6-15;3-2(4,5)1(6)7/h12H,3-11H2,1-2H3;(H,6,7). The summed E-state index contributed by atoms with van der Waals surface area (Å²) in [6.07, 6.45) is -2.04. The minimum absolute atomic E-state index is 0.0704. The van der Waals surface area contributed by atoms with E-state index < -0.39 is 17.8 Å². The first-order chi connectivity index (χ1) is 12.4. The third kappa shape index (κ3) is 5.10. The number of carboxylic acid groups (broad SMARTS) is 1. The molecule has 6 nitrogen and oxygen atoms in total. The largest absolute Gasteiger partial charge is 0.490 e. The van der Waals surface area contributed by atoms with E-state index in [9.17, 15) is 22.4 Å². The Morgan fingerprint density at radius 1 is 1.26 bits per heavy atom. The van der Waals surface area contributed by atoms with E-state index in [2.05, 4.69) is 11.9 Å². The number of carboxylic acids is 1. The molecule has 2 aliphatic heterocycles. The lowest BCUT2D eigenvalue weighted by Crippen LogP contribution is -2.73. The number of amides is 1. The molecule has 3 fully saturated rings. The van der Waals surface area contributed by atoms with Gasteiger partial charge in [-0.05, 0) is 52.1 Å². The molecule has 0 bridgehead atoms. The molecule has 3 aliphatic rings. The second kappa shape index (κ2) is 7.90. The van der Waals surface area contributed by atoms with Crippen molar-refractivity contribution in [2.24, 2.45) is 5.92 Å². The lowest BCUT2D eigenvalue weighted by atomic mass is 9.75.